The Balaban J connectivity index is 1.77. The Morgan fingerprint density at radius 2 is 1.76 bits per heavy atom. The molecule has 21 heavy (non-hydrogen) atoms. The lowest BCUT2D eigenvalue weighted by Crippen LogP contribution is -1.92. The molecule has 0 bridgehead atoms. The van der Waals surface area contributed by atoms with E-state index in [9.17, 15) is 4.79 Å². The number of rotatable bonds is 3. The first-order chi connectivity index (χ1) is 10.2. The number of benzene rings is 2. The maximum Gasteiger partial charge on any atom is 0.246 e. The fourth-order valence-corrected chi connectivity index (χ4v) is 2.56. The smallest absolute Gasteiger partial charge is 0.246 e. The third-order valence-electron chi connectivity index (χ3n) is 3.01. The van der Waals surface area contributed by atoms with Gasteiger partial charge in [0.2, 0.25) is 5.12 Å². The maximum atomic E-state index is 12.2. The topological polar surface area (TPSA) is 43.1 Å². The number of nitrogens with zero attached hydrogens (tertiary/aromatic N) is 1. The predicted molar refractivity (Wildman–Crippen MR) is 83.3 cm³/mol. The third kappa shape index (κ3) is 3.23. The second-order valence-electron chi connectivity index (χ2n) is 4.65. The van der Waals surface area contributed by atoms with Crippen molar-refractivity contribution >= 4 is 16.9 Å². The minimum absolute atomic E-state index is 0.121. The normalized spacial score (nSPS) is 10.5. The van der Waals surface area contributed by atoms with Gasteiger partial charge in [0.15, 0.2) is 11.5 Å². The molecule has 0 saturated carbocycles. The van der Waals surface area contributed by atoms with Crippen molar-refractivity contribution in [2.45, 2.75) is 11.8 Å². The zero-order valence-electron chi connectivity index (χ0n) is 11.4. The Morgan fingerprint density at radius 1 is 1.05 bits per heavy atom. The summed E-state index contributed by atoms with van der Waals surface area (Å²) < 4.78 is 5.24. The van der Waals surface area contributed by atoms with E-state index in [1.54, 1.807) is 6.07 Å². The van der Waals surface area contributed by atoms with Gasteiger partial charge >= 0.3 is 0 Å². The SMILES string of the molecule is Cc1ccc(SC(=O)c2cc(-c3ccccc3)on2)cc1. The molecule has 104 valence electrons. The Hall–Kier alpha value is -2.33. The molecule has 4 heteroatoms. The molecule has 3 nitrogen and oxygen atoms in total. The summed E-state index contributed by atoms with van der Waals surface area (Å²) in [5, 5.41) is 3.74. The van der Waals surface area contributed by atoms with Crippen molar-refractivity contribution in [3.63, 3.8) is 0 Å². The van der Waals surface area contributed by atoms with Crippen LogP contribution in [0, 0.1) is 6.92 Å². The number of hydrogen-bond acceptors (Lipinski definition) is 4. The van der Waals surface area contributed by atoms with Gasteiger partial charge in [-0.2, -0.15) is 0 Å². The van der Waals surface area contributed by atoms with Crippen LogP contribution in [0.1, 0.15) is 16.1 Å². The maximum absolute atomic E-state index is 12.2. The molecule has 0 aliphatic heterocycles. The molecule has 0 N–H and O–H groups in total. The van der Waals surface area contributed by atoms with Crippen LogP contribution in [0.5, 0.6) is 0 Å². The van der Waals surface area contributed by atoms with E-state index in [0.29, 0.717) is 11.5 Å². The van der Waals surface area contributed by atoms with Gasteiger partial charge < -0.3 is 4.52 Å². The summed E-state index contributed by atoms with van der Waals surface area (Å²) >= 11 is 1.15. The highest BCUT2D eigenvalue weighted by molar-refractivity contribution is 8.14. The van der Waals surface area contributed by atoms with Gasteiger partial charge in [0, 0.05) is 16.5 Å². The summed E-state index contributed by atoms with van der Waals surface area (Å²) in [6, 6.07) is 19.1. The van der Waals surface area contributed by atoms with Crippen LogP contribution in [0.4, 0.5) is 0 Å². The first kappa shape index (κ1) is 13.6. The lowest BCUT2D eigenvalue weighted by Gasteiger charge is -1.98. The molecule has 0 aliphatic carbocycles. The van der Waals surface area contributed by atoms with Gasteiger partial charge in [-0.15, -0.1) is 0 Å². The van der Waals surface area contributed by atoms with Crippen LogP contribution in [-0.2, 0) is 0 Å². The number of aromatic nitrogens is 1. The molecule has 2 aromatic carbocycles. The van der Waals surface area contributed by atoms with Crippen LogP contribution < -0.4 is 0 Å². The highest BCUT2D eigenvalue weighted by Gasteiger charge is 2.14. The standard InChI is InChI=1S/C17H13NO2S/c1-12-7-9-14(10-8-12)21-17(19)15-11-16(20-18-15)13-5-3-2-4-6-13/h2-11H,1H3. The summed E-state index contributed by atoms with van der Waals surface area (Å²) in [7, 11) is 0. The highest BCUT2D eigenvalue weighted by Crippen LogP contribution is 2.26. The zero-order valence-corrected chi connectivity index (χ0v) is 12.3. The lowest BCUT2D eigenvalue weighted by atomic mass is 10.2. The molecule has 3 aromatic rings. The monoisotopic (exact) mass is 295 g/mol. The second kappa shape index (κ2) is 5.97. The Bertz CT molecular complexity index is 748. The minimum atomic E-state index is -0.121. The van der Waals surface area contributed by atoms with Gasteiger partial charge in [-0.1, -0.05) is 53.2 Å². The molecule has 0 amide bonds. The molecule has 0 fully saturated rings. The van der Waals surface area contributed by atoms with E-state index in [1.165, 1.54) is 5.56 Å². The molecular formula is C17H13NO2S. The largest absolute Gasteiger partial charge is 0.356 e. The molecule has 1 aromatic heterocycles. The summed E-state index contributed by atoms with van der Waals surface area (Å²) in [6.07, 6.45) is 0. The quantitative estimate of drug-likeness (QED) is 0.663. The van der Waals surface area contributed by atoms with Crippen LogP contribution in [0.2, 0.25) is 0 Å². The van der Waals surface area contributed by atoms with Crippen molar-refractivity contribution in [3.05, 3.63) is 71.9 Å². The van der Waals surface area contributed by atoms with E-state index >= 15 is 0 Å². The Labute approximate surface area is 127 Å². The molecule has 0 aliphatic rings. The number of aryl methyl sites for hydroxylation is 1. The van der Waals surface area contributed by atoms with Gasteiger partial charge in [-0.05, 0) is 30.8 Å². The fourth-order valence-electron chi connectivity index (χ4n) is 1.88. The van der Waals surface area contributed by atoms with E-state index in [0.717, 1.165) is 22.2 Å². The van der Waals surface area contributed by atoms with E-state index in [4.69, 9.17) is 4.52 Å². The van der Waals surface area contributed by atoms with Gasteiger partial charge in [0.05, 0.1) is 0 Å². The van der Waals surface area contributed by atoms with Crippen LogP contribution in [-0.4, -0.2) is 10.3 Å². The van der Waals surface area contributed by atoms with Gasteiger partial charge in [-0.25, -0.2) is 0 Å². The fraction of sp³-hybridized carbons (Fsp3) is 0.0588. The van der Waals surface area contributed by atoms with Gasteiger partial charge in [-0.3, -0.25) is 4.79 Å². The van der Waals surface area contributed by atoms with Crippen molar-refractivity contribution in [2.75, 3.05) is 0 Å². The summed E-state index contributed by atoms with van der Waals surface area (Å²) in [6.45, 7) is 2.01. The minimum Gasteiger partial charge on any atom is -0.356 e. The molecule has 0 unspecified atom stereocenters. The first-order valence-electron chi connectivity index (χ1n) is 6.53. The van der Waals surface area contributed by atoms with Crippen molar-refractivity contribution in [2.24, 2.45) is 0 Å². The molecule has 0 atom stereocenters. The molecule has 0 saturated heterocycles. The first-order valence-corrected chi connectivity index (χ1v) is 7.35. The summed E-state index contributed by atoms with van der Waals surface area (Å²) in [4.78, 5) is 13.1. The average Bonchev–Trinajstić information content (AvgIpc) is 3.00. The summed E-state index contributed by atoms with van der Waals surface area (Å²) in [5.41, 5.74) is 2.41. The van der Waals surface area contributed by atoms with Crippen LogP contribution >= 0.6 is 11.8 Å². The van der Waals surface area contributed by atoms with E-state index in [2.05, 4.69) is 5.16 Å². The lowest BCUT2D eigenvalue weighted by molar-refractivity contribution is 0.108. The van der Waals surface area contributed by atoms with E-state index in [-0.39, 0.29) is 5.12 Å². The van der Waals surface area contributed by atoms with Gasteiger partial charge in [0.25, 0.3) is 0 Å². The van der Waals surface area contributed by atoms with E-state index in [1.807, 2.05) is 61.5 Å². The molecular weight excluding hydrogens is 282 g/mol. The zero-order chi connectivity index (χ0) is 14.7. The predicted octanol–water partition coefficient (Wildman–Crippen LogP) is 4.58. The third-order valence-corrected chi connectivity index (χ3v) is 3.91. The molecule has 3 rings (SSSR count). The molecule has 0 radical (unpaired) electrons. The molecule has 1 heterocycles. The van der Waals surface area contributed by atoms with Crippen molar-refractivity contribution in [1.29, 1.82) is 0 Å². The highest BCUT2D eigenvalue weighted by atomic mass is 32.2. The second-order valence-corrected chi connectivity index (χ2v) is 5.69. The average molecular weight is 295 g/mol. The van der Waals surface area contributed by atoms with E-state index < -0.39 is 0 Å². The number of carbonyl (C=O) groups is 1. The number of carbonyl (C=O) groups excluding carboxylic acids is 1. The Morgan fingerprint density at radius 3 is 2.48 bits per heavy atom. The number of thioether (sulfide) groups is 1. The van der Waals surface area contributed by atoms with Crippen LogP contribution in [0.25, 0.3) is 11.3 Å². The van der Waals surface area contributed by atoms with Crippen LogP contribution in [0.15, 0.2) is 70.1 Å². The van der Waals surface area contributed by atoms with Crippen LogP contribution in [0.3, 0.4) is 0 Å². The summed E-state index contributed by atoms with van der Waals surface area (Å²) in [5.74, 6) is 0.600. The molecule has 0 spiro atoms. The van der Waals surface area contributed by atoms with Crippen molar-refractivity contribution in [1.82, 2.24) is 5.16 Å². The van der Waals surface area contributed by atoms with Crippen molar-refractivity contribution < 1.29 is 9.32 Å². The van der Waals surface area contributed by atoms with Gasteiger partial charge in [0.1, 0.15) is 0 Å². The van der Waals surface area contributed by atoms with Crippen molar-refractivity contribution in [3.8, 4) is 11.3 Å². The Kier molecular flexibility index (Phi) is 3.88. The number of hydrogen-bond donors (Lipinski definition) is 0.